The fourth-order valence-corrected chi connectivity index (χ4v) is 0.519. The molecule has 1 aromatic rings. The van der Waals surface area contributed by atoms with Crippen molar-refractivity contribution in [3.63, 3.8) is 0 Å². The molecule has 4 heteroatoms. The van der Waals surface area contributed by atoms with Gasteiger partial charge in [0, 0.05) is 0 Å². The molecule has 0 fully saturated rings. The van der Waals surface area contributed by atoms with E-state index in [1.807, 2.05) is 0 Å². The predicted octanol–water partition coefficient (Wildman–Crippen LogP) is -0.381. The van der Waals surface area contributed by atoms with E-state index in [0.717, 1.165) is 0 Å². The Kier molecular flexibility index (Phi) is 3.37. The Bertz CT molecular complexity index is 204. The molecule has 0 aliphatic carbocycles. The second-order valence-corrected chi connectivity index (χ2v) is 1.64. The molecule has 3 N–H and O–H groups in total. The fraction of sp³-hybridized carbons (Fsp3) is 0. The zero-order valence-corrected chi connectivity index (χ0v) is 9.32. The van der Waals surface area contributed by atoms with Gasteiger partial charge in [-0.1, -0.05) is 6.07 Å². The standard InChI is InChI=1S/C6H6O3.Sb.3H/c7-4-2-1-3-5(8)6(4)9;;;;/h1-3,7-9H;;;;. The van der Waals surface area contributed by atoms with Gasteiger partial charge in [0.05, 0.1) is 0 Å². The molecule has 0 bridgehead atoms. The topological polar surface area (TPSA) is 60.7 Å². The van der Waals surface area contributed by atoms with Gasteiger partial charge >= 0.3 is 24.4 Å². The van der Waals surface area contributed by atoms with Gasteiger partial charge in [0.2, 0.25) is 0 Å². The first-order valence-corrected chi connectivity index (χ1v) is 2.41. The van der Waals surface area contributed by atoms with Gasteiger partial charge in [-0.15, -0.1) is 0 Å². The van der Waals surface area contributed by atoms with Crippen molar-refractivity contribution in [3.8, 4) is 17.2 Å². The molecule has 0 spiro atoms. The van der Waals surface area contributed by atoms with Crippen LogP contribution in [-0.4, -0.2) is 39.7 Å². The van der Waals surface area contributed by atoms with Crippen LogP contribution < -0.4 is 0 Å². The molecule has 56 valence electrons. The first kappa shape index (κ1) is 9.44. The number of benzene rings is 1. The average molecular weight is 251 g/mol. The molecule has 0 heterocycles. The Balaban J connectivity index is 0.000000810. The summed E-state index contributed by atoms with van der Waals surface area (Å²) in [6.45, 7) is 0. The molecule has 1 rings (SSSR count). The Morgan fingerprint density at radius 1 is 0.900 bits per heavy atom. The molecular weight excluding hydrogens is 242 g/mol. The molecule has 0 saturated heterocycles. The Labute approximate surface area is 75.4 Å². The summed E-state index contributed by atoms with van der Waals surface area (Å²) in [4.78, 5) is 0. The predicted molar refractivity (Wildman–Crippen MR) is 41.4 cm³/mol. The van der Waals surface area contributed by atoms with E-state index >= 15 is 0 Å². The summed E-state index contributed by atoms with van der Waals surface area (Å²) in [6.07, 6.45) is 0. The summed E-state index contributed by atoms with van der Waals surface area (Å²) in [5.74, 6) is -1.09. The number of hydrogen-bond acceptors (Lipinski definition) is 3. The molecule has 10 heavy (non-hydrogen) atoms. The summed E-state index contributed by atoms with van der Waals surface area (Å²) in [7, 11) is 0. The number of phenols is 3. The molecular formula is C6H9O3Sb. The fourth-order valence-electron chi connectivity index (χ4n) is 0.519. The van der Waals surface area contributed by atoms with E-state index in [9.17, 15) is 0 Å². The maximum absolute atomic E-state index is 8.71. The van der Waals surface area contributed by atoms with Crippen LogP contribution in [0.1, 0.15) is 0 Å². The van der Waals surface area contributed by atoms with E-state index < -0.39 is 5.75 Å². The number of hydrogen-bond donors (Lipinski definition) is 3. The zero-order chi connectivity index (χ0) is 6.85. The molecule has 0 unspecified atom stereocenters. The van der Waals surface area contributed by atoms with Crippen LogP contribution in [0.2, 0.25) is 0 Å². The van der Waals surface area contributed by atoms with Crippen LogP contribution in [0.15, 0.2) is 18.2 Å². The number of phenolic OH excluding ortho intramolecular Hbond substituents is 3. The molecule has 0 aromatic heterocycles. The Hall–Kier alpha value is -0.562. The third-order valence-electron chi connectivity index (χ3n) is 0.993. The summed E-state index contributed by atoms with van der Waals surface area (Å²) in [5, 5.41) is 26.1. The van der Waals surface area contributed by atoms with Crippen molar-refractivity contribution in [2.45, 2.75) is 0 Å². The molecule has 0 aliphatic rings. The van der Waals surface area contributed by atoms with Crippen molar-refractivity contribution in [1.82, 2.24) is 0 Å². The van der Waals surface area contributed by atoms with Crippen LogP contribution in [-0.2, 0) is 0 Å². The van der Waals surface area contributed by atoms with Crippen LogP contribution in [0, 0.1) is 0 Å². The quantitative estimate of drug-likeness (QED) is 0.435. The molecule has 0 saturated carbocycles. The van der Waals surface area contributed by atoms with Gasteiger partial charge in [-0.05, 0) is 12.1 Å². The summed E-state index contributed by atoms with van der Waals surface area (Å²) in [5.41, 5.74) is 0. The van der Waals surface area contributed by atoms with E-state index in [0.29, 0.717) is 0 Å². The van der Waals surface area contributed by atoms with Gasteiger partial charge in [-0.25, -0.2) is 0 Å². The second kappa shape index (κ2) is 3.57. The van der Waals surface area contributed by atoms with E-state index in [1.54, 1.807) is 0 Å². The van der Waals surface area contributed by atoms with E-state index in [-0.39, 0.29) is 35.9 Å². The summed E-state index contributed by atoms with van der Waals surface area (Å²) in [6, 6.07) is 4.01. The van der Waals surface area contributed by atoms with Crippen molar-refractivity contribution in [1.29, 1.82) is 0 Å². The van der Waals surface area contributed by atoms with Crippen molar-refractivity contribution in [2.75, 3.05) is 0 Å². The van der Waals surface area contributed by atoms with Crippen LogP contribution in [0.25, 0.3) is 0 Å². The summed E-state index contributed by atoms with van der Waals surface area (Å²) < 4.78 is 0. The Morgan fingerprint density at radius 2 is 1.30 bits per heavy atom. The van der Waals surface area contributed by atoms with Crippen LogP contribution in [0.4, 0.5) is 0 Å². The third kappa shape index (κ3) is 1.71. The summed E-state index contributed by atoms with van der Waals surface area (Å²) >= 11 is 0. The SMILES string of the molecule is Oc1cccc(O)c1O.[SbH3]. The molecule has 3 nitrogen and oxygen atoms in total. The third-order valence-corrected chi connectivity index (χ3v) is 0.993. The van der Waals surface area contributed by atoms with Gasteiger partial charge < -0.3 is 15.3 Å². The van der Waals surface area contributed by atoms with E-state index in [2.05, 4.69) is 0 Å². The van der Waals surface area contributed by atoms with Crippen molar-refractivity contribution in [2.24, 2.45) is 0 Å². The van der Waals surface area contributed by atoms with Crippen LogP contribution in [0.5, 0.6) is 17.2 Å². The van der Waals surface area contributed by atoms with Gasteiger partial charge in [0.25, 0.3) is 0 Å². The molecule has 0 amide bonds. The van der Waals surface area contributed by atoms with Crippen LogP contribution in [0.3, 0.4) is 0 Å². The first-order valence-electron chi connectivity index (χ1n) is 2.41. The van der Waals surface area contributed by atoms with E-state index in [4.69, 9.17) is 15.3 Å². The number of rotatable bonds is 0. The molecule has 0 aliphatic heterocycles. The molecule has 0 atom stereocenters. The van der Waals surface area contributed by atoms with E-state index in [1.165, 1.54) is 18.2 Å². The number of para-hydroxylation sites is 1. The monoisotopic (exact) mass is 250 g/mol. The first-order chi connectivity index (χ1) is 4.22. The number of aromatic hydroxyl groups is 3. The maximum atomic E-state index is 8.71. The minimum atomic E-state index is -0.475. The van der Waals surface area contributed by atoms with Crippen LogP contribution >= 0.6 is 0 Å². The Morgan fingerprint density at radius 3 is 1.60 bits per heavy atom. The van der Waals surface area contributed by atoms with Gasteiger partial charge in [-0.2, -0.15) is 0 Å². The van der Waals surface area contributed by atoms with Crippen molar-refractivity contribution >= 4 is 24.4 Å². The second-order valence-electron chi connectivity index (χ2n) is 1.64. The molecule has 1 aromatic carbocycles. The minimum absolute atomic E-state index is 0. The van der Waals surface area contributed by atoms with Crippen molar-refractivity contribution in [3.05, 3.63) is 18.2 Å². The zero-order valence-electron chi connectivity index (χ0n) is 5.28. The normalized spacial score (nSPS) is 8.40. The van der Waals surface area contributed by atoms with Gasteiger partial charge in [0.1, 0.15) is 0 Å². The molecule has 0 radical (unpaired) electrons. The van der Waals surface area contributed by atoms with Crippen molar-refractivity contribution < 1.29 is 15.3 Å². The van der Waals surface area contributed by atoms with Gasteiger partial charge in [0.15, 0.2) is 17.2 Å². The van der Waals surface area contributed by atoms with Gasteiger partial charge in [-0.3, -0.25) is 0 Å². The average Bonchev–Trinajstić information content (AvgIpc) is 1.83.